The summed E-state index contributed by atoms with van der Waals surface area (Å²) < 4.78 is 28.1. The highest BCUT2D eigenvalue weighted by molar-refractivity contribution is 7.92. The van der Waals surface area contributed by atoms with Gasteiger partial charge in [0.25, 0.3) is 15.7 Å². The first-order valence-corrected chi connectivity index (χ1v) is 10.8. The summed E-state index contributed by atoms with van der Waals surface area (Å²) in [7, 11) is -4.02. The number of benzene rings is 2. The fraction of sp³-hybridized carbons (Fsp3) is 0.143. The van der Waals surface area contributed by atoms with Crippen molar-refractivity contribution in [3.8, 4) is 0 Å². The minimum Gasteiger partial charge on any atom is -0.279 e. The van der Waals surface area contributed by atoms with E-state index >= 15 is 0 Å². The van der Waals surface area contributed by atoms with E-state index in [2.05, 4.69) is 20.2 Å². The Kier molecular flexibility index (Phi) is 6.30. The maximum Gasteiger partial charge on any atom is 0.295 e. The molecule has 1 aromatic heterocycles. The van der Waals surface area contributed by atoms with Gasteiger partial charge >= 0.3 is 0 Å². The van der Waals surface area contributed by atoms with Gasteiger partial charge in [-0.1, -0.05) is 23.8 Å². The first-order chi connectivity index (χ1) is 14.7. The molecule has 0 bridgehead atoms. The zero-order chi connectivity index (χ0) is 22.6. The Balaban J connectivity index is 1.90. The number of nitro groups is 1. The molecule has 0 fully saturated rings. The summed E-state index contributed by atoms with van der Waals surface area (Å²) in [5, 5.41) is 15.7. The van der Waals surface area contributed by atoms with Crippen LogP contribution in [0, 0.1) is 24.0 Å². The van der Waals surface area contributed by atoms with Crippen molar-refractivity contribution in [2.45, 2.75) is 25.7 Å². The maximum atomic E-state index is 12.8. The van der Waals surface area contributed by atoms with Gasteiger partial charge in [0.15, 0.2) is 0 Å². The summed E-state index contributed by atoms with van der Waals surface area (Å²) in [6.45, 7) is 5.38. The molecule has 9 nitrogen and oxygen atoms in total. The number of nitrogens with one attached hydrogen (secondary N) is 2. The number of sulfonamides is 1. The third-order valence-electron chi connectivity index (χ3n) is 4.48. The monoisotopic (exact) mass is 439 g/mol. The molecule has 3 rings (SSSR count). The molecule has 160 valence electrons. The molecule has 31 heavy (non-hydrogen) atoms. The third kappa shape index (κ3) is 5.23. The van der Waals surface area contributed by atoms with Crippen LogP contribution in [0.25, 0.3) is 0 Å². The molecule has 1 heterocycles. The number of rotatable bonds is 7. The van der Waals surface area contributed by atoms with Crippen molar-refractivity contribution in [2.24, 2.45) is 5.10 Å². The molecule has 0 saturated carbocycles. The van der Waals surface area contributed by atoms with Gasteiger partial charge < -0.3 is 0 Å². The molecule has 10 heteroatoms. The second-order valence-corrected chi connectivity index (χ2v) is 8.57. The zero-order valence-corrected chi connectivity index (χ0v) is 18.0. The molecule has 0 atom stereocenters. The van der Waals surface area contributed by atoms with E-state index in [4.69, 9.17) is 0 Å². The highest BCUT2D eigenvalue weighted by Gasteiger charge is 2.22. The van der Waals surface area contributed by atoms with Gasteiger partial charge in [-0.3, -0.25) is 25.2 Å². The van der Waals surface area contributed by atoms with Gasteiger partial charge in [-0.2, -0.15) is 5.10 Å². The molecule has 0 amide bonds. The first-order valence-electron chi connectivity index (χ1n) is 9.27. The standard InChI is InChI=1S/C21H21N5O4S/c1-14-7-9-18(15(2)12-14)25-31(29,30)17-8-10-20(21(13-17)26(27)28)24-23-16(3)19-6-4-5-11-22-19/h4-13,24-25H,1-3H3/b23-16-. The number of anilines is 2. The quantitative estimate of drug-likeness (QED) is 0.322. The number of nitro benzene ring substituents is 1. The molecular weight excluding hydrogens is 418 g/mol. The van der Waals surface area contributed by atoms with E-state index in [0.29, 0.717) is 17.1 Å². The van der Waals surface area contributed by atoms with Crippen molar-refractivity contribution < 1.29 is 13.3 Å². The zero-order valence-electron chi connectivity index (χ0n) is 17.2. The van der Waals surface area contributed by atoms with Crippen molar-refractivity contribution in [3.63, 3.8) is 0 Å². The largest absolute Gasteiger partial charge is 0.295 e. The van der Waals surface area contributed by atoms with Crippen LogP contribution in [0.15, 0.2) is 70.8 Å². The molecular formula is C21H21N5O4S. The van der Waals surface area contributed by atoms with Crippen LogP contribution in [-0.4, -0.2) is 24.0 Å². The molecule has 0 radical (unpaired) electrons. The van der Waals surface area contributed by atoms with Gasteiger partial charge in [-0.15, -0.1) is 0 Å². The van der Waals surface area contributed by atoms with Crippen LogP contribution in [0.1, 0.15) is 23.7 Å². The van der Waals surface area contributed by atoms with Crippen molar-refractivity contribution >= 4 is 32.8 Å². The third-order valence-corrected chi connectivity index (χ3v) is 5.85. The topological polar surface area (TPSA) is 127 Å². The van der Waals surface area contributed by atoms with Crippen LogP contribution in [-0.2, 0) is 10.0 Å². The second-order valence-electron chi connectivity index (χ2n) is 6.88. The van der Waals surface area contributed by atoms with Gasteiger partial charge in [0.05, 0.1) is 26.9 Å². The predicted octanol–water partition coefficient (Wildman–Crippen LogP) is 4.24. The predicted molar refractivity (Wildman–Crippen MR) is 120 cm³/mol. The maximum absolute atomic E-state index is 12.8. The molecule has 0 aliphatic rings. The molecule has 0 aliphatic carbocycles. The summed E-state index contributed by atoms with van der Waals surface area (Å²) in [4.78, 5) is 14.8. The van der Waals surface area contributed by atoms with E-state index in [0.717, 1.165) is 17.2 Å². The highest BCUT2D eigenvalue weighted by Crippen LogP contribution is 2.29. The summed E-state index contributed by atoms with van der Waals surface area (Å²) in [5.74, 6) is 0. The normalized spacial score (nSPS) is 11.8. The first kappa shape index (κ1) is 21.9. The molecule has 0 saturated heterocycles. The van der Waals surface area contributed by atoms with Crippen LogP contribution in [0.5, 0.6) is 0 Å². The fourth-order valence-electron chi connectivity index (χ4n) is 2.83. The molecule has 0 unspecified atom stereocenters. The minimum atomic E-state index is -4.02. The van der Waals surface area contributed by atoms with Crippen molar-refractivity contribution in [1.82, 2.24) is 4.98 Å². The Hall–Kier alpha value is -3.79. The van der Waals surface area contributed by atoms with Crippen LogP contribution < -0.4 is 10.1 Å². The number of nitrogens with zero attached hydrogens (tertiary/aromatic N) is 3. The Morgan fingerprint density at radius 1 is 1.06 bits per heavy atom. The van der Waals surface area contributed by atoms with E-state index in [-0.39, 0.29) is 10.6 Å². The average molecular weight is 439 g/mol. The van der Waals surface area contributed by atoms with E-state index in [1.807, 2.05) is 13.0 Å². The Morgan fingerprint density at radius 3 is 2.45 bits per heavy atom. The molecule has 3 aromatic rings. The summed E-state index contributed by atoms with van der Waals surface area (Å²) in [6, 6.07) is 14.2. The van der Waals surface area contributed by atoms with Gasteiger partial charge in [0.1, 0.15) is 5.69 Å². The lowest BCUT2D eigenvalue weighted by molar-refractivity contribution is -0.384. The Labute approximate surface area is 180 Å². The summed E-state index contributed by atoms with van der Waals surface area (Å²) >= 11 is 0. The molecule has 2 aromatic carbocycles. The van der Waals surface area contributed by atoms with Gasteiger partial charge in [0, 0.05) is 12.3 Å². The average Bonchev–Trinajstić information content (AvgIpc) is 2.74. The van der Waals surface area contributed by atoms with E-state index in [9.17, 15) is 18.5 Å². The Bertz CT molecular complexity index is 1260. The summed E-state index contributed by atoms with van der Waals surface area (Å²) in [5.41, 5.74) is 5.54. The highest BCUT2D eigenvalue weighted by atomic mass is 32.2. The van der Waals surface area contributed by atoms with Crippen molar-refractivity contribution in [1.29, 1.82) is 0 Å². The summed E-state index contributed by atoms with van der Waals surface area (Å²) in [6.07, 6.45) is 1.61. The SMILES string of the molecule is C/C(=N/Nc1ccc(S(=O)(=O)Nc2ccc(C)cc2C)cc1[N+](=O)[O-])c1ccccn1. The van der Waals surface area contributed by atoms with Crippen LogP contribution in [0.4, 0.5) is 17.1 Å². The van der Waals surface area contributed by atoms with E-state index in [1.165, 1.54) is 12.1 Å². The van der Waals surface area contributed by atoms with E-state index < -0.39 is 20.6 Å². The Morgan fingerprint density at radius 2 is 1.81 bits per heavy atom. The second kappa shape index (κ2) is 8.92. The van der Waals surface area contributed by atoms with Gasteiger partial charge in [-0.25, -0.2) is 8.42 Å². The number of hydrogen-bond acceptors (Lipinski definition) is 7. The van der Waals surface area contributed by atoms with Gasteiger partial charge in [0.2, 0.25) is 0 Å². The van der Waals surface area contributed by atoms with Crippen molar-refractivity contribution in [3.05, 3.63) is 87.7 Å². The lowest BCUT2D eigenvalue weighted by Gasteiger charge is -2.12. The fourth-order valence-corrected chi connectivity index (χ4v) is 3.98. The smallest absolute Gasteiger partial charge is 0.279 e. The lowest BCUT2D eigenvalue weighted by Crippen LogP contribution is -2.14. The van der Waals surface area contributed by atoms with Crippen LogP contribution >= 0.6 is 0 Å². The molecule has 0 aliphatic heterocycles. The number of hydrogen-bond donors (Lipinski definition) is 2. The molecule has 2 N–H and O–H groups in total. The minimum absolute atomic E-state index is 0.0609. The number of aromatic nitrogens is 1. The van der Waals surface area contributed by atoms with E-state index in [1.54, 1.807) is 50.4 Å². The van der Waals surface area contributed by atoms with Crippen LogP contribution in [0.3, 0.4) is 0 Å². The number of hydrazone groups is 1. The molecule has 0 spiro atoms. The number of pyridine rings is 1. The number of aryl methyl sites for hydroxylation is 2. The van der Waals surface area contributed by atoms with Crippen LogP contribution in [0.2, 0.25) is 0 Å². The lowest BCUT2D eigenvalue weighted by atomic mass is 10.1. The van der Waals surface area contributed by atoms with Gasteiger partial charge in [-0.05, 0) is 56.7 Å². The van der Waals surface area contributed by atoms with Crippen molar-refractivity contribution in [2.75, 3.05) is 10.1 Å².